The first-order valence-corrected chi connectivity index (χ1v) is 8.25. The number of hydrogen-bond donors (Lipinski definition) is 1. The second-order valence-corrected chi connectivity index (χ2v) is 7.03. The molecule has 1 aliphatic rings. The van der Waals surface area contributed by atoms with E-state index in [9.17, 15) is 9.90 Å². The maximum Gasteiger partial charge on any atom is 0.347 e. The zero-order valence-electron chi connectivity index (χ0n) is 12.6. The SMILES string of the molecule is CC(C)c1nc(N(C)CC2CCCCC2)sc1C(=O)O. The Bertz CT molecular complexity index is 464. The van der Waals surface area contributed by atoms with Crippen molar-refractivity contribution in [1.82, 2.24) is 4.98 Å². The van der Waals surface area contributed by atoms with Crippen molar-refractivity contribution in [3.05, 3.63) is 10.6 Å². The molecule has 1 aromatic rings. The standard InChI is InChI=1S/C15H24N2O2S/c1-10(2)12-13(14(18)19)20-15(16-12)17(3)9-11-7-5-4-6-8-11/h10-11H,4-9H2,1-3H3,(H,18,19). The molecule has 1 fully saturated rings. The van der Waals surface area contributed by atoms with Gasteiger partial charge in [0.1, 0.15) is 4.88 Å². The number of aromatic carboxylic acids is 1. The van der Waals surface area contributed by atoms with Crippen molar-refractivity contribution < 1.29 is 9.90 Å². The van der Waals surface area contributed by atoms with Crippen LogP contribution in [0.2, 0.25) is 0 Å². The molecule has 1 N–H and O–H groups in total. The molecule has 1 saturated carbocycles. The lowest BCUT2D eigenvalue weighted by atomic mass is 9.89. The Morgan fingerprint density at radius 3 is 2.55 bits per heavy atom. The van der Waals surface area contributed by atoms with E-state index in [2.05, 4.69) is 9.88 Å². The maximum absolute atomic E-state index is 11.3. The van der Waals surface area contributed by atoms with E-state index >= 15 is 0 Å². The zero-order valence-corrected chi connectivity index (χ0v) is 13.4. The largest absolute Gasteiger partial charge is 0.477 e. The van der Waals surface area contributed by atoms with Crippen LogP contribution in [-0.2, 0) is 0 Å². The van der Waals surface area contributed by atoms with Crippen molar-refractivity contribution >= 4 is 22.4 Å². The number of aromatic nitrogens is 1. The van der Waals surface area contributed by atoms with Gasteiger partial charge in [0.25, 0.3) is 0 Å². The van der Waals surface area contributed by atoms with Gasteiger partial charge in [0.15, 0.2) is 5.13 Å². The van der Waals surface area contributed by atoms with E-state index in [0.717, 1.165) is 17.6 Å². The van der Waals surface area contributed by atoms with Crippen LogP contribution < -0.4 is 4.90 Å². The fourth-order valence-electron chi connectivity index (χ4n) is 2.86. The van der Waals surface area contributed by atoms with Gasteiger partial charge >= 0.3 is 5.97 Å². The summed E-state index contributed by atoms with van der Waals surface area (Å²) in [5, 5.41) is 10.1. The van der Waals surface area contributed by atoms with Gasteiger partial charge in [0, 0.05) is 13.6 Å². The molecule has 0 bridgehead atoms. The van der Waals surface area contributed by atoms with Gasteiger partial charge in [-0.05, 0) is 24.7 Å². The van der Waals surface area contributed by atoms with Crippen molar-refractivity contribution in [3.63, 3.8) is 0 Å². The molecule has 0 amide bonds. The molecule has 20 heavy (non-hydrogen) atoms. The number of carboxylic acid groups (broad SMARTS) is 1. The Balaban J connectivity index is 2.11. The second-order valence-electron chi connectivity index (χ2n) is 6.06. The molecule has 0 spiro atoms. The minimum Gasteiger partial charge on any atom is -0.477 e. The first-order chi connectivity index (χ1) is 9.49. The van der Waals surface area contributed by atoms with Crippen LogP contribution in [0.3, 0.4) is 0 Å². The van der Waals surface area contributed by atoms with Gasteiger partial charge in [0.2, 0.25) is 0 Å². The van der Waals surface area contributed by atoms with Gasteiger partial charge < -0.3 is 10.0 Å². The molecule has 1 aromatic heterocycles. The monoisotopic (exact) mass is 296 g/mol. The lowest BCUT2D eigenvalue weighted by molar-refractivity contribution is 0.0700. The maximum atomic E-state index is 11.3. The quantitative estimate of drug-likeness (QED) is 0.893. The van der Waals surface area contributed by atoms with Crippen LogP contribution in [-0.4, -0.2) is 29.7 Å². The van der Waals surface area contributed by atoms with Crippen molar-refractivity contribution in [2.24, 2.45) is 5.92 Å². The highest BCUT2D eigenvalue weighted by atomic mass is 32.1. The summed E-state index contributed by atoms with van der Waals surface area (Å²) in [5.41, 5.74) is 0.716. The van der Waals surface area contributed by atoms with E-state index in [-0.39, 0.29) is 5.92 Å². The molecule has 0 unspecified atom stereocenters. The zero-order chi connectivity index (χ0) is 14.7. The lowest BCUT2D eigenvalue weighted by Crippen LogP contribution is -2.26. The highest BCUT2D eigenvalue weighted by Gasteiger charge is 2.23. The first-order valence-electron chi connectivity index (χ1n) is 7.44. The van der Waals surface area contributed by atoms with E-state index < -0.39 is 5.97 Å². The smallest absolute Gasteiger partial charge is 0.347 e. The summed E-state index contributed by atoms with van der Waals surface area (Å²) in [7, 11) is 2.03. The number of nitrogens with zero attached hydrogens (tertiary/aromatic N) is 2. The Labute approximate surface area is 124 Å². The molecule has 1 aliphatic carbocycles. The van der Waals surface area contributed by atoms with Crippen LogP contribution in [0.25, 0.3) is 0 Å². The Morgan fingerprint density at radius 1 is 1.40 bits per heavy atom. The molecule has 0 aliphatic heterocycles. The first kappa shape index (κ1) is 15.3. The average molecular weight is 296 g/mol. The summed E-state index contributed by atoms with van der Waals surface area (Å²) in [5.74, 6) is 0.0196. The van der Waals surface area contributed by atoms with E-state index in [1.807, 2.05) is 20.9 Å². The Kier molecular flexibility index (Phi) is 5.02. The van der Waals surface area contributed by atoms with Gasteiger partial charge in [-0.25, -0.2) is 9.78 Å². The Morgan fingerprint density at radius 2 is 2.05 bits per heavy atom. The number of thiazole rings is 1. The number of hydrogen-bond acceptors (Lipinski definition) is 4. The van der Waals surface area contributed by atoms with E-state index in [4.69, 9.17) is 0 Å². The molecule has 4 nitrogen and oxygen atoms in total. The highest BCUT2D eigenvalue weighted by molar-refractivity contribution is 7.17. The van der Waals surface area contributed by atoms with Crippen LogP contribution in [0.15, 0.2) is 0 Å². The third-order valence-corrected chi connectivity index (χ3v) is 5.14. The van der Waals surface area contributed by atoms with Crippen LogP contribution in [0.5, 0.6) is 0 Å². The fraction of sp³-hybridized carbons (Fsp3) is 0.733. The van der Waals surface area contributed by atoms with Crippen LogP contribution >= 0.6 is 11.3 Å². The molecule has 0 atom stereocenters. The van der Waals surface area contributed by atoms with E-state index in [1.54, 1.807) is 0 Å². The van der Waals surface area contributed by atoms with Crippen LogP contribution in [0.4, 0.5) is 5.13 Å². The third-order valence-electron chi connectivity index (χ3n) is 3.97. The average Bonchev–Trinajstić information content (AvgIpc) is 2.85. The lowest BCUT2D eigenvalue weighted by Gasteiger charge is -2.26. The van der Waals surface area contributed by atoms with Crippen LogP contribution in [0.1, 0.15) is 67.2 Å². The van der Waals surface area contributed by atoms with E-state index in [1.165, 1.54) is 43.4 Å². The van der Waals surface area contributed by atoms with Crippen molar-refractivity contribution in [3.8, 4) is 0 Å². The molecule has 0 radical (unpaired) electrons. The number of rotatable bonds is 5. The van der Waals surface area contributed by atoms with Gasteiger partial charge in [-0.2, -0.15) is 0 Å². The molecule has 0 aromatic carbocycles. The van der Waals surface area contributed by atoms with Gasteiger partial charge in [-0.15, -0.1) is 0 Å². The summed E-state index contributed by atoms with van der Waals surface area (Å²) >= 11 is 1.31. The number of anilines is 1. The minimum absolute atomic E-state index is 0.147. The summed E-state index contributed by atoms with van der Waals surface area (Å²) in [4.78, 5) is 18.4. The molecule has 1 heterocycles. The number of carboxylic acids is 1. The van der Waals surface area contributed by atoms with Gasteiger partial charge in [-0.3, -0.25) is 0 Å². The molecular formula is C15H24N2O2S. The van der Waals surface area contributed by atoms with Crippen LogP contribution in [0, 0.1) is 5.92 Å². The predicted molar refractivity (Wildman–Crippen MR) is 83.0 cm³/mol. The fourth-order valence-corrected chi connectivity index (χ4v) is 3.89. The highest BCUT2D eigenvalue weighted by Crippen LogP contribution is 2.32. The second kappa shape index (κ2) is 6.57. The van der Waals surface area contributed by atoms with E-state index in [0.29, 0.717) is 10.6 Å². The minimum atomic E-state index is -0.858. The Hall–Kier alpha value is -1.10. The predicted octanol–water partition coefficient (Wildman–Crippen LogP) is 3.98. The molecule has 2 rings (SSSR count). The van der Waals surface area contributed by atoms with Crippen molar-refractivity contribution in [2.45, 2.75) is 51.9 Å². The summed E-state index contributed by atoms with van der Waals surface area (Å²) in [6.45, 7) is 4.98. The molecule has 5 heteroatoms. The van der Waals surface area contributed by atoms with Crippen molar-refractivity contribution in [1.29, 1.82) is 0 Å². The summed E-state index contributed by atoms with van der Waals surface area (Å²) in [6, 6.07) is 0. The molecular weight excluding hydrogens is 272 g/mol. The topological polar surface area (TPSA) is 53.4 Å². The molecule has 0 saturated heterocycles. The normalized spacial score (nSPS) is 16.6. The summed E-state index contributed by atoms with van der Waals surface area (Å²) < 4.78 is 0. The summed E-state index contributed by atoms with van der Waals surface area (Å²) in [6.07, 6.45) is 6.59. The van der Waals surface area contributed by atoms with Gasteiger partial charge in [-0.1, -0.05) is 44.4 Å². The molecule has 112 valence electrons. The number of carbonyl (C=O) groups is 1. The van der Waals surface area contributed by atoms with Crippen molar-refractivity contribution in [2.75, 3.05) is 18.5 Å². The third kappa shape index (κ3) is 3.51. The van der Waals surface area contributed by atoms with Gasteiger partial charge in [0.05, 0.1) is 5.69 Å².